The Morgan fingerprint density at radius 2 is 1.89 bits per heavy atom. The van der Waals surface area contributed by atoms with Crippen molar-refractivity contribution in [3.05, 3.63) is 0 Å². The smallest absolute Gasteiger partial charge is 0.245 e. The van der Waals surface area contributed by atoms with Crippen molar-refractivity contribution >= 4 is 0 Å². The molecule has 0 aromatic carbocycles. The summed E-state index contributed by atoms with van der Waals surface area (Å²) in [6, 6.07) is 0. The SMILES string of the molecule is CC(F)(F)CCCCO. The lowest BCUT2D eigenvalue weighted by atomic mass is 10.2. The van der Waals surface area contributed by atoms with E-state index in [-0.39, 0.29) is 13.0 Å². The molecule has 0 aromatic rings. The molecule has 1 nitrogen and oxygen atoms in total. The highest BCUT2D eigenvalue weighted by Gasteiger charge is 2.19. The molecule has 0 unspecified atom stereocenters. The van der Waals surface area contributed by atoms with Gasteiger partial charge in [0.25, 0.3) is 0 Å². The van der Waals surface area contributed by atoms with Gasteiger partial charge in [-0.25, -0.2) is 8.78 Å². The number of aliphatic hydroxyl groups excluding tert-OH is 1. The van der Waals surface area contributed by atoms with Crippen molar-refractivity contribution in [2.75, 3.05) is 6.61 Å². The third-order valence-corrected chi connectivity index (χ3v) is 1.02. The Morgan fingerprint density at radius 3 is 2.22 bits per heavy atom. The molecular weight excluding hydrogens is 126 g/mol. The van der Waals surface area contributed by atoms with Gasteiger partial charge in [0, 0.05) is 13.0 Å². The van der Waals surface area contributed by atoms with Gasteiger partial charge in [0.05, 0.1) is 0 Å². The van der Waals surface area contributed by atoms with Gasteiger partial charge in [-0.1, -0.05) is 0 Å². The first-order chi connectivity index (χ1) is 4.06. The molecule has 0 saturated heterocycles. The van der Waals surface area contributed by atoms with Crippen LogP contribution < -0.4 is 0 Å². The van der Waals surface area contributed by atoms with Crippen LogP contribution in [-0.2, 0) is 0 Å². The second-order valence-corrected chi connectivity index (χ2v) is 2.25. The number of halogens is 2. The first kappa shape index (κ1) is 8.82. The maximum absolute atomic E-state index is 12.0. The van der Waals surface area contributed by atoms with Crippen LogP contribution in [0.2, 0.25) is 0 Å². The molecule has 9 heavy (non-hydrogen) atoms. The quantitative estimate of drug-likeness (QED) is 0.587. The molecule has 0 spiro atoms. The zero-order valence-corrected chi connectivity index (χ0v) is 5.53. The molecule has 0 fully saturated rings. The summed E-state index contributed by atoms with van der Waals surface area (Å²) in [5.74, 6) is -2.56. The summed E-state index contributed by atoms with van der Waals surface area (Å²) in [6.07, 6.45) is 0.761. The van der Waals surface area contributed by atoms with Crippen molar-refractivity contribution in [1.29, 1.82) is 0 Å². The highest BCUT2D eigenvalue weighted by Crippen LogP contribution is 2.19. The highest BCUT2D eigenvalue weighted by molar-refractivity contribution is 4.56. The molecule has 3 heteroatoms. The molecule has 0 aliphatic rings. The molecule has 0 aliphatic heterocycles. The highest BCUT2D eigenvalue weighted by atomic mass is 19.3. The van der Waals surface area contributed by atoms with Crippen LogP contribution in [0.5, 0.6) is 0 Å². The van der Waals surface area contributed by atoms with Gasteiger partial charge in [0.1, 0.15) is 0 Å². The van der Waals surface area contributed by atoms with Gasteiger partial charge in [-0.05, 0) is 19.8 Å². The fourth-order valence-corrected chi connectivity index (χ4v) is 0.547. The van der Waals surface area contributed by atoms with Gasteiger partial charge >= 0.3 is 0 Å². The lowest BCUT2D eigenvalue weighted by molar-refractivity contribution is 0.00953. The van der Waals surface area contributed by atoms with Gasteiger partial charge < -0.3 is 5.11 Å². The number of alkyl halides is 2. The zero-order chi connectivity index (χ0) is 7.33. The fraction of sp³-hybridized carbons (Fsp3) is 1.00. The van der Waals surface area contributed by atoms with Gasteiger partial charge in [0.2, 0.25) is 5.92 Å². The Hall–Kier alpha value is -0.180. The molecule has 0 radical (unpaired) electrons. The van der Waals surface area contributed by atoms with E-state index in [1.807, 2.05) is 0 Å². The summed E-state index contributed by atoms with van der Waals surface area (Å²) in [5.41, 5.74) is 0. The van der Waals surface area contributed by atoms with Crippen molar-refractivity contribution in [3.63, 3.8) is 0 Å². The first-order valence-corrected chi connectivity index (χ1v) is 3.05. The summed E-state index contributed by atoms with van der Waals surface area (Å²) < 4.78 is 23.9. The Labute approximate surface area is 53.7 Å². The van der Waals surface area contributed by atoms with E-state index in [9.17, 15) is 8.78 Å². The fourth-order valence-electron chi connectivity index (χ4n) is 0.547. The predicted molar refractivity (Wildman–Crippen MR) is 31.6 cm³/mol. The standard InChI is InChI=1S/C6H12F2O/c1-6(7,8)4-2-3-5-9/h9H,2-5H2,1H3. The number of hydrogen-bond acceptors (Lipinski definition) is 1. The van der Waals surface area contributed by atoms with Crippen LogP contribution in [0.15, 0.2) is 0 Å². The Bertz CT molecular complexity index is 67.9. The van der Waals surface area contributed by atoms with Crippen LogP contribution in [0, 0.1) is 0 Å². The van der Waals surface area contributed by atoms with E-state index in [0.29, 0.717) is 12.8 Å². The van der Waals surface area contributed by atoms with Crippen molar-refractivity contribution in [1.82, 2.24) is 0 Å². The van der Waals surface area contributed by atoms with Crippen molar-refractivity contribution in [3.8, 4) is 0 Å². The lowest BCUT2D eigenvalue weighted by Gasteiger charge is -2.07. The summed E-state index contributed by atoms with van der Waals surface area (Å²) in [7, 11) is 0. The Kier molecular flexibility index (Phi) is 3.70. The summed E-state index contributed by atoms with van der Waals surface area (Å²) in [4.78, 5) is 0. The number of aliphatic hydroxyl groups is 1. The van der Waals surface area contributed by atoms with Crippen molar-refractivity contribution in [2.24, 2.45) is 0 Å². The second-order valence-electron chi connectivity index (χ2n) is 2.25. The molecule has 0 amide bonds. The monoisotopic (exact) mass is 138 g/mol. The molecule has 1 N–H and O–H groups in total. The van der Waals surface area contributed by atoms with Crippen LogP contribution in [0.3, 0.4) is 0 Å². The molecular formula is C6H12F2O. The maximum Gasteiger partial charge on any atom is 0.245 e. The van der Waals surface area contributed by atoms with Crippen LogP contribution in [0.25, 0.3) is 0 Å². The number of unbranched alkanes of at least 4 members (excludes halogenated alkanes) is 1. The largest absolute Gasteiger partial charge is 0.396 e. The number of rotatable bonds is 4. The summed E-state index contributed by atoms with van der Waals surface area (Å²) in [5, 5.41) is 8.22. The molecule has 0 heterocycles. The van der Waals surface area contributed by atoms with E-state index in [0.717, 1.165) is 6.92 Å². The van der Waals surface area contributed by atoms with Crippen LogP contribution in [0.1, 0.15) is 26.2 Å². The lowest BCUT2D eigenvalue weighted by Crippen LogP contribution is -2.08. The average molecular weight is 138 g/mol. The summed E-state index contributed by atoms with van der Waals surface area (Å²) >= 11 is 0. The van der Waals surface area contributed by atoms with E-state index in [2.05, 4.69) is 0 Å². The third kappa shape index (κ3) is 7.82. The molecule has 0 aromatic heterocycles. The molecule has 0 bridgehead atoms. The van der Waals surface area contributed by atoms with Gasteiger partial charge in [0.15, 0.2) is 0 Å². The van der Waals surface area contributed by atoms with Gasteiger partial charge in [-0.2, -0.15) is 0 Å². The van der Waals surface area contributed by atoms with E-state index in [1.165, 1.54) is 0 Å². The van der Waals surface area contributed by atoms with E-state index in [4.69, 9.17) is 5.11 Å². The van der Waals surface area contributed by atoms with Crippen molar-refractivity contribution < 1.29 is 13.9 Å². The second kappa shape index (κ2) is 3.77. The molecule has 0 rings (SSSR count). The van der Waals surface area contributed by atoms with Gasteiger partial charge in [-0.15, -0.1) is 0 Å². The van der Waals surface area contributed by atoms with E-state index in [1.54, 1.807) is 0 Å². The molecule has 56 valence electrons. The Morgan fingerprint density at radius 1 is 1.33 bits per heavy atom. The zero-order valence-electron chi connectivity index (χ0n) is 5.53. The van der Waals surface area contributed by atoms with Crippen LogP contribution >= 0.6 is 0 Å². The minimum Gasteiger partial charge on any atom is -0.396 e. The van der Waals surface area contributed by atoms with E-state index < -0.39 is 5.92 Å². The molecule has 0 saturated carbocycles. The third-order valence-electron chi connectivity index (χ3n) is 1.02. The summed E-state index contributed by atoms with van der Waals surface area (Å²) in [6.45, 7) is 0.903. The minimum absolute atomic E-state index is 0.0100. The maximum atomic E-state index is 12.0. The van der Waals surface area contributed by atoms with Crippen molar-refractivity contribution in [2.45, 2.75) is 32.1 Å². The van der Waals surface area contributed by atoms with Crippen LogP contribution in [-0.4, -0.2) is 17.6 Å². The predicted octanol–water partition coefficient (Wildman–Crippen LogP) is 1.80. The average Bonchev–Trinajstić information content (AvgIpc) is 1.63. The first-order valence-electron chi connectivity index (χ1n) is 3.05. The normalized spacial score (nSPS) is 12.0. The van der Waals surface area contributed by atoms with Crippen LogP contribution in [0.4, 0.5) is 8.78 Å². The Balaban J connectivity index is 3.07. The molecule has 0 aliphatic carbocycles. The van der Waals surface area contributed by atoms with E-state index >= 15 is 0 Å². The van der Waals surface area contributed by atoms with Gasteiger partial charge in [-0.3, -0.25) is 0 Å². The topological polar surface area (TPSA) is 20.2 Å². The number of hydrogen-bond donors (Lipinski definition) is 1. The minimum atomic E-state index is -2.56. The molecule has 0 atom stereocenters.